The van der Waals surface area contributed by atoms with Crippen LogP contribution in [0.4, 0.5) is 11.6 Å². The highest BCUT2D eigenvalue weighted by Crippen LogP contribution is 2.27. The highest BCUT2D eigenvalue weighted by atomic mass is 16.5. The van der Waals surface area contributed by atoms with Gasteiger partial charge in [-0.3, -0.25) is 9.98 Å². The molecule has 2 aromatic rings. The second-order valence-corrected chi connectivity index (χ2v) is 5.83. The molecule has 0 unspecified atom stereocenters. The van der Waals surface area contributed by atoms with Crippen LogP contribution < -0.4 is 10.1 Å². The Morgan fingerprint density at radius 3 is 2.92 bits per heavy atom. The van der Waals surface area contributed by atoms with Crippen LogP contribution in [-0.2, 0) is 0 Å². The summed E-state index contributed by atoms with van der Waals surface area (Å²) in [6.07, 6.45) is 7.39. The molecule has 3 rings (SSSR count). The van der Waals surface area contributed by atoms with Crippen molar-refractivity contribution >= 4 is 30.3 Å². The number of hydrogen-bond acceptors (Lipinski definition) is 6. The van der Waals surface area contributed by atoms with Crippen molar-refractivity contribution < 1.29 is 4.74 Å². The van der Waals surface area contributed by atoms with Crippen LogP contribution in [0.2, 0.25) is 0 Å². The Morgan fingerprint density at radius 1 is 1.42 bits per heavy atom. The molecular weight excluding hydrogens is 328 g/mol. The molecule has 0 spiro atoms. The lowest BCUT2D eigenvalue weighted by molar-refractivity contribution is 0.412. The monoisotopic (exact) mass is 350 g/mol. The van der Waals surface area contributed by atoms with Crippen molar-refractivity contribution in [2.75, 3.05) is 19.1 Å². The molecule has 0 saturated heterocycles. The zero-order chi connectivity index (χ0) is 18.5. The topological polar surface area (TPSA) is 77.9 Å². The first-order valence-corrected chi connectivity index (χ1v) is 8.20. The predicted octanol–water partition coefficient (Wildman–Crippen LogP) is 3.72. The van der Waals surface area contributed by atoms with E-state index in [2.05, 4.69) is 32.0 Å². The van der Waals surface area contributed by atoms with Crippen molar-refractivity contribution in [1.29, 1.82) is 0 Å². The minimum atomic E-state index is 0.526. The summed E-state index contributed by atoms with van der Waals surface area (Å²) in [7, 11) is 1.66. The zero-order valence-electron chi connectivity index (χ0n) is 15.2. The van der Waals surface area contributed by atoms with Crippen LogP contribution in [0.15, 0.2) is 52.4 Å². The predicted molar refractivity (Wildman–Crippen MR) is 106 cm³/mol. The van der Waals surface area contributed by atoms with Crippen LogP contribution in [0.1, 0.15) is 18.2 Å². The summed E-state index contributed by atoms with van der Waals surface area (Å²) < 4.78 is 5.29. The van der Waals surface area contributed by atoms with Gasteiger partial charge in [-0.15, -0.1) is 0 Å². The van der Waals surface area contributed by atoms with Crippen molar-refractivity contribution in [3.8, 4) is 5.75 Å². The van der Waals surface area contributed by atoms with Gasteiger partial charge in [-0.1, -0.05) is 0 Å². The third kappa shape index (κ3) is 3.66. The van der Waals surface area contributed by atoms with E-state index in [4.69, 9.17) is 4.74 Å². The maximum Gasteiger partial charge on any atom is 0.205 e. The molecule has 0 radical (unpaired) electrons. The smallest absolute Gasteiger partial charge is 0.205 e. The average molecular weight is 350 g/mol. The molecule has 0 fully saturated rings. The van der Waals surface area contributed by atoms with Gasteiger partial charge >= 0.3 is 0 Å². The molecule has 1 aromatic carbocycles. The van der Waals surface area contributed by atoms with E-state index in [1.165, 1.54) is 0 Å². The van der Waals surface area contributed by atoms with Gasteiger partial charge in [0, 0.05) is 18.1 Å². The molecule has 2 N–H and O–H groups in total. The van der Waals surface area contributed by atoms with Crippen molar-refractivity contribution in [2.45, 2.75) is 13.8 Å². The van der Waals surface area contributed by atoms with E-state index in [1.54, 1.807) is 19.5 Å². The number of aromatic nitrogens is 2. The number of aliphatic imine (C=N–C) groups is 2. The molecule has 1 aliphatic rings. The first kappa shape index (κ1) is 17.5. The molecule has 7 heteroatoms. The fourth-order valence-electron chi connectivity index (χ4n) is 2.76. The van der Waals surface area contributed by atoms with Gasteiger partial charge in [0.1, 0.15) is 12.4 Å². The lowest BCUT2D eigenvalue weighted by Crippen LogP contribution is -2.19. The van der Waals surface area contributed by atoms with Crippen molar-refractivity contribution in [2.24, 2.45) is 9.98 Å². The Hall–Kier alpha value is -3.35. The fourth-order valence-corrected chi connectivity index (χ4v) is 2.76. The summed E-state index contributed by atoms with van der Waals surface area (Å²) in [5.74, 6) is 1.49. The van der Waals surface area contributed by atoms with Gasteiger partial charge in [0.15, 0.2) is 0 Å². The third-order valence-corrected chi connectivity index (χ3v) is 4.05. The highest BCUT2D eigenvalue weighted by molar-refractivity contribution is 5.74. The number of imidazole rings is 1. The molecule has 7 nitrogen and oxygen atoms in total. The number of rotatable bonds is 6. The van der Waals surface area contributed by atoms with Crippen LogP contribution in [0.25, 0.3) is 5.70 Å². The number of benzene rings is 1. The number of aromatic amines is 1. The van der Waals surface area contributed by atoms with E-state index in [0.717, 1.165) is 34.1 Å². The summed E-state index contributed by atoms with van der Waals surface area (Å²) in [6, 6.07) is 5.88. The van der Waals surface area contributed by atoms with E-state index < -0.39 is 0 Å². The number of allylic oxidation sites excluding steroid dienone is 2. The van der Waals surface area contributed by atoms with E-state index in [-0.39, 0.29) is 0 Å². The van der Waals surface area contributed by atoms with Gasteiger partial charge in [0.2, 0.25) is 5.95 Å². The minimum absolute atomic E-state index is 0.526. The van der Waals surface area contributed by atoms with Crippen LogP contribution >= 0.6 is 0 Å². The van der Waals surface area contributed by atoms with Crippen LogP contribution in [0, 0.1) is 6.92 Å². The maximum atomic E-state index is 5.29. The first-order chi connectivity index (χ1) is 12.6. The van der Waals surface area contributed by atoms with Gasteiger partial charge in [-0.2, -0.15) is 0 Å². The van der Waals surface area contributed by atoms with Crippen molar-refractivity contribution in [3.63, 3.8) is 0 Å². The van der Waals surface area contributed by atoms with Gasteiger partial charge in [0.05, 0.1) is 30.4 Å². The molecule has 26 heavy (non-hydrogen) atoms. The quantitative estimate of drug-likeness (QED) is 0.779. The molecule has 1 aromatic heterocycles. The van der Waals surface area contributed by atoms with Gasteiger partial charge in [-0.05, 0) is 50.4 Å². The molecule has 134 valence electrons. The van der Waals surface area contributed by atoms with E-state index in [1.807, 2.05) is 49.2 Å². The van der Waals surface area contributed by atoms with Crippen molar-refractivity contribution in [3.05, 3.63) is 53.6 Å². The second-order valence-electron chi connectivity index (χ2n) is 5.83. The molecule has 0 saturated carbocycles. The van der Waals surface area contributed by atoms with Crippen molar-refractivity contribution in [1.82, 2.24) is 14.9 Å². The first-order valence-electron chi connectivity index (χ1n) is 8.20. The Morgan fingerprint density at radius 2 is 2.27 bits per heavy atom. The Kier molecular flexibility index (Phi) is 5.17. The number of H-pyrrole nitrogens is 1. The molecule has 0 amide bonds. The van der Waals surface area contributed by atoms with Gasteiger partial charge in [0.25, 0.3) is 0 Å². The summed E-state index contributed by atoms with van der Waals surface area (Å²) in [4.78, 5) is 18.1. The average Bonchev–Trinajstić information content (AvgIpc) is 3.10. The SMILES string of the molecule is C=N/C(C)=C(/c1cnc(Nc2ccc(OC)c(C)c2)[nH]1)N1C=CC=NC1. The van der Waals surface area contributed by atoms with Crippen LogP contribution in [0.3, 0.4) is 0 Å². The fraction of sp³-hybridized carbons (Fsp3) is 0.211. The van der Waals surface area contributed by atoms with Crippen LogP contribution in [0.5, 0.6) is 5.75 Å². The number of anilines is 2. The normalized spacial score (nSPS) is 14.2. The van der Waals surface area contributed by atoms with E-state index in [0.29, 0.717) is 12.6 Å². The standard InChI is InChI=1S/C19H22N6O/c1-13-10-15(6-7-17(13)26-4)23-19-22-11-16(24-19)18(14(2)20-3)25-9-5-8-21-12-25/h5-11H,3,12H2,1-2,4H3,(H2,22,23,24)/b18-14-. The van der Waals surface area contributed by atoms with Crippen LogP contribution in [-0.4, -0.2) is 41.6 Å². The minimum Gasteiger partial charge on any atom is -0.496 e. The van der Waals surface area contributed by atoms with E-state index in [9.17, 15) is 0 Å². The van der Waals surface area contributed by atoms with E-state index >= 15 is 0 Å². The second kappa shape index (κ2) is 7.69. The number of aryl methyl sites for hydroxylation is 1. The zero-order valence-corrected chi connectivity index (χ0v) is 15.2. The molecule has 1 aliphatic heterocycles. The third-order valence-electron chi connectivity index (χ3n) is 4.05. The number of ether oxygens (including phenoxy) is 1. The number of nitrogens with zero attached hydrogens (tertiary/aromatic N) is 4. The molecule has 0 atom stereocenters. The van der Waals surface area contributed by atoms with Gasteiger partial charge < -0.3 is 19.9 Å². The number of nitrogens with one attached hydrogen (secondary N) is 2. The number of hydrogen-bond donors (Lipinski definition) is 2. The number of methoxy groups -OCH3 is 1. The molecular formula is C19H22N6O. The summed E-state index contributed by atoms with van der Waals surface area (Å²) >= 11 is 0. The Labute approximate surface area is 152 Å². The molecule has 0 aliphatic carbocycles. The highest BCUT2D eigenvalue weighted by Gasteiger charge is 2.16. The summed E-state index contributed by atoms with van der Waals surface area (Å²) in [5, 5.41) is 3.27. The summed E-state index contributed by atoms with van der Waals surface area (Å²) in [5.41, 5.74) is 4.50. The lowest BCUT2D eigenvalue weighted by atomic mass is 10.2. The lowest BCUT2D eigenvalue weighted by Gasteiger charge is -2.23. The molecule has 0 bridgehead atoms. The van der Waals surface area contributed by atoms with Gasteiger partial charge in [-0.25, -0.2) is 4.98 Å². The largest absolute Gasteiger partial charge is 0.496 e. The maximum absolute atomic E-state index is 5.29. The Bertz CT molecular complexity index is 893. The molecule has 2 heterocycles. The Balaban J connectivity index is 1.85. The summed E-state index contributed by atoms with van der Waals surface area (Å²) in [6.45, 7) is 8.08.